The second-order valence-electron chi connectivity index (χ2n) is 2.01. The standard InChI is InChI=1S/C7H11O.W/c1-3-7-5-4-6(2)8-7;/h4-7H,2-3H2,1H3;/q-1;/t6-,7+;/m0./s1. The van der Waals surface area contributed by atoms with Gasteiger partial charge in [0.05, 0.1) is 6.10 Å². The zero-order chi connectivity index (χ0) is 5.98. The van der Waals surface area contributed by atoms with E-state index >= 15 is 0 Å². The van der Waals surface area contributed by atoms with Crippen LogP contribution in [0, 0.1) is 6.92 Å². The molecule has 0 bridgehead atoms. The van der Waals surface area contributed by atoms with Crippen LogP contribution in [0.5, 0.6) is 0 Å². The first-order valence-electron chi connectivity index (χ1n) is 3.00. The van der Waals surface area contributed by atoms with Gasteiger partial charge in [0, 0.05) is 21.1 Å². The van der Waals surface area contributed by atoms with Crippen LogP contribution in [0.2, 0.25) is 0 Å². The second-order valence-corrected chi connectivity index (χ2v) is 2.01. The van der Waals surface area contributed by atoms with Crippen molar-refractivity contribution in [1.29, 1.82) is 0 Å². The Morgan fingerprint density at radius 2 is 2.22 bits per heavy atom. The molecule has 0 saturated carbocycles. The third kappa shape index (κ3) is 2.64. The van der Waals surface area contributed by atoms with Gasteiger partial charge in [-0.25, -0.2) is 0 Å². The van der Waals surface area contributed by atoms with Gasteiger partial charge in [0.15, 0.2) is 0 Å². The van der Waals surface area contributed by atoms with Crippen molar-refractivity contribution < 1.29 is 25.8 Å². The largest absolute Gasteiger partial charge is 0.399 e. The van der Waals surface area contributed by atoms with Crippen molar-refractivity contribution in [3.05, 3.63) is 19.1 Å². The summed E-state index contributed by atoms with van der Waals surface area (Å²) in [5.74, 6) is 0. The quantitative estimate of drug-likeness (QED) is 0.527. The second kappa shape index (κ2) is 4.24. The first-order chi connectivity index (χ1) is 3.83. The first kappa shape index (κ1) is 9.39. The smallest absolute Gasteiger partial charge is 0.0725 e. The van der Waals surface area contributed by atoms with E-state index in [0.29, 0.717) is 6.10 Å². The zero-order valence-electron chi connectivity index (χ0n) is 5.54. The van der Waals surface area contributed by atoms with Crippen molar-refractivity contribution in [3.8, 4) is 0 Å². The van der Waals surface area contributed by atoms with Crippen LogP contribution in [0.3, 0.4) is 0 Å². The van der Waals surface area contributed by atoms with Crippen molar-refractivity contribution in [2.45, 2.75) is 25.6 Å². The molecule has 2 atom stereocenters. The first-order valence-corrected chi connectivity index (χ1v) is 3.00. The van der Waals surface area contributed by atoms with E-state index < -0.39 is 0 Å². The zero-order valence-corrected chi connectivity index (χ0v) is 8.47. The fourth-order valence-electron chi connectivity index (χ4n) is 0.795. The van der Waals surface area contributed by atoms with Crippen LogP contribution in [0.1, 0.15) is 13.3 Å². The Balaban J connectivity index is 0.000000640. The van der Waals surface area contributed by atoms with E-state index in [0.717, 1.165) is 6.42 Å². The van der Waals surface area contributed by atoms with E-state index in [2.05, 4.69) is 19.9 Å². The molecule has 0 aliphatic carbocycles. The summed E-state index contributed by atoms with van der Waals surface area (Å²) in [4.78, 5) is 0. The Labute approximate surface area is 70.7 Å². The minimum Gasteiger partial charge on any atom is -0.399 e. The van der Waals surface area contributed by atoms with E-state index in [1.165, 1.54) is 0 Å². The predicted octanol–water partition coefficient (Wildman–Crippen LogP) is 1.55. The average Bonchev–Trinajstić information content (AvgIpc) is 2.14. The normalized spacial score (nSPS) is 32.2. The van der Waals surface area contributed by atoms with E-state index in [-0.39, 0.29) is 27.2 Å². The molecule has 0 aromatic carbocycles. The van der Waals surface area contributed by atoms with Crippen molar-refractivity contribution in [1.82, 2.24) is 0 Å². The van der Waals surface area contributed by atoms with E-state index in [1.54, 1.807) is 0 Å². The number of ether oxygens (including phenoxy) is 1. The van der Waals surface area contributed by atoms with E-state index in [4.69, 9.17) is 4.74 Å². The molecule has 1 rings (SSSR count). The minimum absolute atomic E-state index is 0. The van der Waals surface area contributed by atoms with Crippen LogP contribution in [0.4, 0.5) is 0 Å². The SMILES string of the molecule is [CH2-][C@H]1C=C[C@@H](CC)O1.[W]. The van der Waals surface area contributed by atoms with Gasteiger partial charge in [-0.05, 0) is 12.5 Å². The maximum absolute atomic E-state index is 5.29. The van der Waals surface area contributed by atoms with Crippen molar-refractivity contribution in [2.75, 3.05) is 0 Å². The Hall–Kier alpha value is 0.388. The van der Waals surface area contributed by atoms with Gasteiger partial charge in [-0.2, -0.15) is 0 Å². The molecule has 0 N–H and O–H groups in total. The molecule has 0 aromatic rings. The molecular formula is C7H11OW-. The van der Waals surface area contributed by atoms with E-state index in [9.17, 15) is 0 Å². The summed E-state index contributed by atoms with van der Waals surface area (Å²) >= 11 is 0. The van der Waals surface area contributed by atoms with E-state index in [1.807, 2.05) is 6.08 Å². The van der Waals surface area contributed by atoms with Crippen LogP contribution in [0.25, 0.3) is 0 Å². The summed E-state index contributed by atoms with van der Waals surface area (Å²) in [6, 6.07) is 0. The molecule has 0 fully saturated rings. The van der Waals surface area contributed by atoms with Crippen LogP contribution in [-0.4, -0.2) is 12.2 Å². The summed E-state index contributed by atoms with van der Waals surface area (Å²) in [6.45, 7) is 5.83. The van der Waals surface area contributed by atoms with Gasteiger partial charge in [-0.3, -0.25) is 0 Å². The third-order valence-electron chi connectivity index (χ3n) is 1.29. The summed E-state index contributed by atoms with van der Waals surface area (Å²) in [7, 11) is 0. The van der Waals surface area contributed by atoms with Gasteiger partial charge in [-0.15, -0.1) is 0 Å². The van der Waals surface area contributed by atoms with Crippen molar-refractivity contribution in [2.24, 2.45) is 0 Å². The molecule has 0 radical (unpaired) electrons. The monoisotopic (exact) mass is 295 g/mol. The fourth-order valence-corrected chi connectivity index (χ4v) is 0.795. The van der Waals surface area contributed by atoms with Gasteiger partial charge in [0.25, 0.3) is 0 Å². The fraction of sp³-hybridized carbons (Fsp3) is 0.571. The van der Waals surface area contributed by atoms with Crippen LogP contribution >= 0.6 is 0 Å². The minimum atomic E-state index is 0. The maximum Gasteiger partial charge on any atom is 0.0725 e. The molecule has 0 amide bonds. The molecule has 0 unspecified atom stereocenters. The predicted molar refractivity (Wildman–Crippen MR) is 33.4 cm³/mol. The molecule has 1 heterocycles. The molecule has 0 aromatic heterocycles. The maximum atomic E-state index is 5.29. The summed E-state index contributed by atoms with van der Waals surface area (Å²) in [5.41, 5.74) is 0. The number of hydrogen-bond donors (Lipinski definition) is 0. The number of hydrogen-bond acceptors (Lipinski definition) is 1. The van der Waals surface area contributed by atoms with Gasteiger partial charge < -0.3 is 11.7 Å². The van der Waals surface area contributed by atoms with Gasteiger partial charge in [0.2, 0.25) is 0 Å². The van der Waals surface area contributed by atoms with Crippen molar-refractivity contribution >= 4 is 0 Å². The summed E-state index contributed by atoms with van der Waals surface area (Å²) < 4.78 is 5.29. The topological polar surface area (TPSA) is 9.23 Å². The molecule has 1 aliphatic rings. The molecule has 0 spiro atoms. The Bertz CT molecular complexity index is 101. The number of rotatable bonds is 1. The van der Waals surface area contributed by atoms with Crippen molar-refractivity contribution in [3.63, 3.8) is 0 Å². The molecule has 0 saturated heterocycles. The van der Waals surface area contributed by atoms with Crippen LogP contribution in [-0.2, 0) is 25.8 Å². The Kier molecular flexibility index (Phi) is 4.43. The van der Waals surface area contributed by atoms with Gasteiger partial charge in [0.1, 0.15) is 0 Å². The third-order valence-corrected chi connectivity index (χ3v) is 1.29. The Morgan fingerprint density at radius 3 is 2.44 bits per heavy atom. The van der Waals surface area contributed by atoms with Crippen LogP contribution < -0.4 is 0 Å². The molecule has 52 valence electrons. The average molecular weight is 295 g/mol. The summed E-state index contributed by atoms with van der Waals surface area (Å²) in [5, 5.41) is 0. The summed E-state index contributed by atoms with van der Waals surface area (Å²) in [6.07, 6.45) is 5.55. The van der Waals surface area contributed by atoms with Crippen LogP contribution in [0.15, 0.2) is 12.2 Å². The van der Waals surface area contributed by atoms with Gasteiger partial charge >= 0.3 is 0 Å². The van der Waals surface area contributed by atoms with Gasteiger partial charge in [-0.1, -0.05) is 19.1 Å². The Morgan fingerprint density at radius 1 is 1.56 bits per heavy atom. The molecule has 9 heavy (non-hydrogen) atoms. The molecular weight excluding hydrogens is 284 g/mol. The molecule has 1 aliphatic heterocycles. The molecule has 2 heteroatoms. The molecule has 1 nitrogen and oxygen atoms in total.